The Morgan fingerprint density at radius 3 is 2.35 bits per heavy atom. The molecule has 1 unspecified atom stereocenters. The zero-order valence-corrected chi connectivity index (χ0v) is 11.3. The van der Waals surface area contributed by atoms with Crippen LogP contribution in [0.3, 0.4) is 0 Å². The van der Waals surface area contributed by atoms with Gasteiger partial charge in [-0.05, 0) is 38.5 Å². The molecule has 2 saturated heterocycles. The van der Waals surface area contributed by atoms with E-state index in [4.69, 9.17) is 0 Å². The van der Waals surface area contributed by atoms with Crippen molar-refractivity contribution in [1.82, 2.24) is 9.80 Å². The molecular weight excluding hydrogens is 212 g/mol. The van der Waals surface area contributed by atoms with E-state index < -0.39 is 0 Å². The summed E-state index contributed by atoms with van der Waals surface area (Å²) < 4.78 is 0. The van der Waals surface area contributed by atoms with Gasteiger partial charge in [0, 0.05) is 25.7 Å². The third-order valence-corrected chi connectivity index (χ3v) is 4.35. The van der Waals surface area contributed by atoms with Gasteiger partial charge in [0.05, 0.1) is 0 Å². The number of urea groups is 1. The summed E-state index contributed by atoms with van der Waals surface area (Å²) in [4.78, 5) is 16.7. The monoisotopic (exact) mass is 238 g/mol. The minimum atomic E-state index is 0.298. The van der Waals surface area contributed by atoms with Crippen molar-refractivity contribution in [2.75, 3.05) is 19.6 Å². The van der Waals surface area contributed by atoms with E-state index in [-0.39, 0.29) is 0 Å². The SMILES string of the molecule is CC1CCN(C(=O)N2CCCCCC2C)CC1. The molecule has 0 N–H and O–H groups in total. The van der Waals surface area contributed by atoms with Gasteiger partial charge >= 0.3 is 6.03 Å². The standard InChI is InChI=1S/C14H26N2O/c1-12-7-10-15(11-8-12)14(17)16-9-5-3-4-6-13(16)2/h12-13H,3-11H2,1-2H3. The molecule has 0 saturated carbocycles. The van der Waals surface area contributed by atoms with Gasteiger partial charge in [0.15, 0.2) is 0 Å². The molecule has 0 bridgehead atoms. The van der Waals surface area contributed by atoms with Crippen LogP contribution in [0.15, 0.2) is 0 Å². The second-order valence-corrected chi connectivity index (χ2v) is 5.84. The highest BCUT2D eigenvalue weighted by molar-refractivity contribution is 5.75. The second kappa shape index (κ2) is 5.74. The topological polar surface area (TPSA) is 23.6 Å². The molecule has 2 aliphatic rings. The van der Waals surface area contributed by atoms with Crippen molar-refractivity contribution < 1.29 is 4.79 Å². The van der Waals surface area contributed by atoms with Gasteiger partial charge in [-0.2, -0.15) is 0 Å². The first-order valence-corrected chi connectivity index (χ1v) is 7.24. The van der Waals surface area contributed by atoms with E-state index in [1.807, 2.05) is 0 Å². The molecule has 0 spiro atoms. The quantitative estimate of drug-likeness (QED) is 0.636. The summed E-state index contributed by atoms with van der Waals surface area (Å²) in [7, 11) is 0. The number of hydrogen-bond acceptors (Lipinski definition) is 1. The van der Waals surface area contributed by atoms with Crippen molar-refractivity contribution in [1.29, 1.82) is 0 Å². The van der Waals surface area contributed by atoms with Gasteiger partial charge in [0.25, 0.3) is 0 Å². The number of nitrogens with zero attached hydrogens (tertiary/aromatic N) is 2. The summed E-state index contributed by atoms with van der Waals surface area (Å²) in [6.45, 7) is 7.38. The van der Waals surface area contributed by atoms with E-state index in [1.165, 1.54) is 38.5 Å². The van der Waals surface area contributed by atoms with Crippen LogP contribution in [-0.2, 0) is 0 Å². The largest absolute Gasteiger partial charge is 0.325 e. The Hall–Kier alpha value is -0.730. The van der Waals surface area contributed by atoms with Gasteiger partial charge in [-0.25, -0.2) is 4.79 Å². The van der Waals surface area contributed by atoms with Crippen molar-refractivity contribution in [3.8, 4) is 0 Å². The summed E-state index contributed by atoms with van der Waals surface area (Å²) >= 11 is 0. The van der Waals surface area contributed by atoms with Crippen LogP contribution < -0.4 is 0 Å². The van der Waals surface area contributed by atoms with Gasteiger partial charge in [-0.1, -0.05) is 19.8 Å². The van der Waals surface area contributed by atoms with Crippen molar-refractivity contribution in [2.45, 2.75) is 58.4 Å². The van der Waals surface area contributed by atoms with Gasteiger partial charge in [-0.15, -0.1) is 0 Å². The third kappa shape index (κ3) is 3.14. The summed E-state index contributed by atoms with van der Waals surface area (Å²) in [6, 6.07) is 0.732. The number of piperidine rings is 1. The lowest BCUT2D eigenvalue weighted by molar-refractivity contribution is 0.122. The Balaban J connectivity index is 1.93. The van der Waals surface area contributed by atoms with Crippen molar-refractivity contribution >= 4 is 6.03 Å². The molecule has 3 heteroatoms. The number of carbonyl (C=O) groups excluding carboxylic acids is 1. The molecule has 0 aromatic heterocycles. The normalized spacial score (nSPS) is 28.0. The molecule has 2 amide bonds. The molecule has 2 fully saturated rings. The molecule has 0 aromatic rings. The highest BCUT2D eigenvalue weighted by Crippen LogP contribution is 2.21. The molecule has 0 aliphatic carbocycles. The van der Waals surface area contributed by atoms with Crippen LogP contribution in [0, 0.1) is 5.92 Å². The van der Waals surface area contributed by atoms with E-state index >= 15 is 0 Å². The Bertz CT molecular complexity index is 259. The van der Waals surface area contributed by atoms with Crippen LogP contribution in [0.5, 0.6) is 0 Å². The first-order chi connectivity index (χ1) is 8.18. The number of amides is 2. The number of hydrogen-bond donors (Lipinski definition) is 0. The smallest absolute Gasteiger partial charge is 0.320 e. The lowest BCUT2D eigenvalue weighted by atomic mass is 9.99. The first-order valence-electron chi connectivity index (χ1n) is 7.24. The molecule has 2 heterocycles. The summed E-state index contributed by atoms with van der Waals surface area (Å²) in [5.41, 5.74) is 0. The van der Waals surface area contributed by atoms with Gasteiger partial charge < -0.3 is 9.80 Å². The minimum Gasteiger partial charge on any atom is -0.325 e. The van der Waals surface area contributed by atoms with Crippen LogP contribution in [0.4, 0.5) is 4.79 Å². The van der Waals surface area contributed by atoms with Crippen LogP contribution in [-0.4, -0.2) is 41.5 Å². The van der Waals surface area contributed by atoms with Crippen molar-refractivity contribution in [3.63, 3.8) is 0 Å². The first kappa shape index (κ1) is 12.7. The Kier molecular flexibility index (Phi) is 4.30. The predicted molar refractivity (Wildman–Crippen MR) is 70.0 cm³/mol. The zero-order valence-electron chi connectivity index (χ0n) is 11.3. The second-order valence-electron chi connectivity index (χ2n) is 5.84. The average molecular weight is 238 g/mol. The molecule has 2 aliphatic heterocycles. The van der Waals surface area contributed by atoms with Gasteiger partial charge in [-0.3, -0.25) is 0 Å². The fourth-order valence-corrected chi connectivity index (χ4v) is 2.94. The average Bonchev–Trinajstić information content (AvgIpc) is 2.54. The predicted octanol–water partition coefficient (Wildman–Crippen LogP) is 3.10. The van der Waals surface area contributed by atoms with E-state index in [0.29, 0.717) is 12.1 Å². The number of likely N-dealkylation sites (tertiary alicyclic amines) is 2. The molecule has 1 atom stereocenters. The van der Waals surface area contributed by atoms with E-state index in [0.717, 1.165) is 25.6 Å². The molecule has 0 radical (unpaired) electrons. The zero-order chi connectivity index (χ0) is 12.3. The molecule has 17 heavy (non-hydrogen) atoms. The molecule has 0 aromatic carbocycles. The third-order valence-electron chi connectivity index (χ3n) is 4.35. The number of rotatable bonds is 0. The Morgan fingerprint density at radius 2 is 1.65 bits per heavy atom. The maximum atomic E-state index is 12.5. The molecular formula is C14H26N2O. The maximum absolute atomic E-state index is 12.5. The Labute approximate surface area is 105 Å². The lowest BCUT2D eigenvalue weighted by Gasteiger charge is -2.37. The molecule has 3 nitrogen and oxygen atoms in total. The van der Waals surface area contributed by atoms with Gasteiger partial charge in [0.1, 0.15) is 0 Å². The minimum absolute atomic E-state index is 0.298. The molecule has 98 valence electrons. The fourth-order valence-electron chi connectivity index (χ4n) is 2.94. The van der Waals surface area contributed by atoms with Gasteiger partial charge in [0.2, 0.25) is 0 Å². The van der Waals surface area contributed by atoms with E-state index in [1.54, 1.807) is 0 Å². The van der Waals surface area contributed by atoms with E-state index in [9.17, 15) is 4.79 Å². The Morgan fingerprint density at radius 1 is 0.941 bits per heavy atom. The highest BCUT2D eigenvalue weighted by atomic mass is 16.2. The highest BCUT2D eigenvalue weighted by Gasteiger charge is 2.28. The maximum Gasteiger partial charge on any atom is 0.320 e. The summed E-state index contributed by atoms with van der Waals surface area (Å²) in [5, 5.41) is 0. The van der Waals surface area contributed by atoms with Crippen molar-refractivity contribution in [2.24, 2.45) is 5.92 Å². The summed E-state index contributed by atoms with van der Waals surface area (Å²) in [5.74, 6) is 0.792. The molecule has 2 rings (SSSR count). The van der Waals surface area contributed by atoms with Crippen molar-refractivity contribution in [3.05, 3.63) is 0 Å². The van der Waals surface area contributed by atoms with Crippen LogP contribution in [0.1, 0.15) is 52.4 Å². The fraction of sp³-hybridized carbons (Fsp3) is 0.929. The van der Waals surface area contributed by atoms with Crippen LogP contribution >= 0.6 is 0 Å². The summed E-state index contributed by atoms with van der Waals surface area (Å²) in [6.07, 6.45) is 7.27. The van der Waals surface area contributed by atoms with E-state index in [2.05, 4.69) is 23.6 Å². The van der Waals surface area contributed by atoms with Crippen LogP contribution in [0.25, 0.3) is 0 Å². The van der Waals surface area contributed by atoms with Crippen LogP contribution in [0.2, 0.25) is 0 Å². The lowest BCUT2D eigenvalue weighted by Crippen LogP contribution is -2.49. The number of carbonyl (C=O) groups is 1.